The highest BCUT2D eigenvalue weighted by Crippen LogP contribution is 2.53. The van der Waals surface area contributed by atoms with Crippen molar-refractivity contribution >= 4 is 22.7 Å². The Morgan fingerprint density at radius 2 is 1.48 bits per heavy atom. The van der Waals surface area contributed by atoms with Crippen molar-refractivity contribution in [2.24, 2.45) is 5.73 Å². The van der Waals surface area contributed by atoms with Crippen LogP contribution < -0.4 is 11.1 Å². The number of amides is 1. The molecular weight excluding hydrogens is 479 g/mol. The maximum atomic E-state index is 13.3. The van der Waals surface area contributed by atoms with Gasteiger partial charge in [-0.05, 0) is 0 Å². The van der Waals surface area contributed by atoms with Gasteiger partial charge in [0.25, 0.3) is 0 Å². The summed E-state index contributed by atoms with van der Waals surface area (Å²) in [5.41, 5.74) is 5.35. The van der Waals surface area contributed by atoms with Crippen LogP contribution in [0.2, 0.25) is 0 Å². The minimum absolute atomic E-state index is 0.393. The van der Waals surface area contributed by atoms with Crippen molar-refractivity contribution in [3.8, 4) is 0 Å². The minimum Gasteiger partial charge on any atom is -0.481 e. The lowest BCUT2D eigenvalue weighted by Gasteiger charge is -2.33. The van der Waals surface area contributed by atoms with Gasteiger partial charge in [0, 0.05) is 47.6 Å². The van der Waals surface area contributed by atoms with E-state index in [-0.39, 0.29) is 0 Å². The largest absolute Gasteiger partial charge is 0.481 e. The number of rotatable bonds is 13. The highest BCUT2D eigenvalue weighted by Gasteiger charge is 2.81. The van der Waals surface area contributed by atoms with Crippen molar-refractivity contribution in [3.05, 3.63) is 0 Å². The molecule has 0 aliphatic rings. The number of carboxylic acids is 1. The molecule has 7 nitrogen and oxygen atoms in total. The molecule has 0 aromatic heterocycles. The van der Waals surface area contributed by atoms with Gasteiger partial charge in [-0.2, -0.15) is 39.5 Å². The van der Waals surface area contributed by atoms with Crippen LogP contribution in [-0.4, -0.2) is 74.0 Å². The minimum atomic E-state index is -7.04. The zero-order valence-electron chi connectivity index (χ0n) is 15.4. The number of nitrogens with one attached hydrogen (secondary N) is 1. The summed E-state index contributed by atoms with van der Waals surface area (Å²) in [5.74, 6) is -24.2. The second-order valence-corrected chi connectivity index (χ2v) is 8.07. The van der Waals surface area contributed by atoms with Gasteiger partial charge in [-0.3, -0.25) is 13.8 Å². The smallest absolute Gasteiger partial charge is 0.460 e. The Kier molecular flexibility index (Phi) is 10.2. The molecule has 0 aromatic rings. The van der Waals surface area contributed by atoms with Crippen molar-refractivity contribution < 1.29 is 63.5 Å². The number of carbonyl (C=O) groups excluding carboxylic acids is 1. The van der Waals surface area contributed by atoms with E-state index in [0.717, 1.165) is 0 Å². The van der Waals surface area contributed by atoms with Crippen LogP contribution >= 0.6 is 0 Å². The van der Waals surface area contributed by atoms with Crippen molar-refractivity contribution in [1.82, 2.24) is 5.32 Å². The highest BCUT2D eigenvalue weighted by atomic mass is 32.2. The summed E-state index contributed by atoms with van der Waals surface area (Å²) < 4.78 is 126. The predicted octanol–water partition coefficient (Wildman–Crippen LogP) is 1.61. The maximum absolute atomic E-state index is 13.3. The molecule has 31 heavy (non-hydrogen) atoms. The normalized spacial score (nSPS) is 16.5. The van der Waals surface area contributed by atoms with E-state index in [1.165, 1.54) is 0 Å². The summed E-state index contributed by atoms with van der Waals surface area (Å²) in [7, 11) is -2.49. The van der Waals surface area contributed by atoms with Crippen molar-refractivity contribution in [1.29, 1.82) is 0 Å². The fourth-order valence-electron chi connectivity index (χ4n) is 2.03. The number of carbonyl (C=O) groups is 2. The molecule has 0 bridgehead atoms. The average molecular weight is 498 g/mol. The summed E-state index contributed by atoms with van der Waals surface area (Å²) in [6, 6.07) is -1.04. The number of carboxylic acid groups (broad SMARTS) is 1. The predicted molar refractivity (Wildman–Crippen MR) is 87.0 cm³/mol. The Hall–Kier alpha value is -1.62. The molecular formula is C14H19F9N2O5S. The van der Waals surface area contributed by atoms with E-state index in [1.54, 1.807) is 0 Å². The fourth-order valence-corrected chi connectivity index (χ4v) is 3.13. The number of aliphatic hydroxyl groups is 1. The zero-order valence-corrected chi connectivity index (χ0v) is 16.2. The number of halogens is 9. The van der Waals surface area contributed by atoms with E-state index in [9.17, 15) is 58.4 Å². The summed E-state index contributed by atoms with van der Waals surface area (Å²) in [6.45, 7) is 0. The van der Waals surface area contributed by atoms with Crippen LogP contribution in [0.3, 0.4) is 0 Å². The molecule has 0 saturated carbocycles. The topological polar surface area (TPSA) is 130 Å². The van der Waals surface area contributed by atoms with Crippen LogP contribution in [0.5, 0.6) is 0 Å². The van der Waals surface area contributed by atoms with E-state index in [1.807, 2.05) is 5.32 Å². The van der Waals surface area contributed by atoms with Crippen LogP contribution in [0.4, 0.5) is 39.5 Å². The maximum Gasteiger partial charge on any atom is 0.460 e. The molecule has 1 amide bonds. The second-order valence-electron chi connectivity index (χ2n) is 6.38. The van der Waals surface area contributed by atoms with Gasteiger partial charge < -0.3 is 21.3 Å². The molecule has 0 radical (unpaired) electrons. The van der Waals surface area contributed by atoms with Gasteiger partial charge in [-0.15, -0.1) is 0 Å². The Bertz CT molecular complexity index is 661. The Morgan fingerprint density at radius 1 is 0.968 bits per heavy atom. The first-order chi connectivity index (χ1) is 13.7. The summed E-state index contributed by atoms with van der Waals surface area (Å²) in [5, 5.41) is 19.9. The number of aliphatic carboxylic acids is 1. The standard InChI is InChI=1S/C14H19F9N2O5S/c15-11(16,12(17,18)13(19,20)14(21,22)23)2-4-31(30)3-1-8(26)25-9(27)5-7(24)6-10(28)29/h7,9,27H,1-6,24H2,(H,25,26)(H,28,29). The molecule has 0 rings (SSSR count). The SMILES string of the molecule is NC(CC(=O)O)CC(O)NC(=O)CCS(=O)CCC(F)(F)C(F)(F)C(F)(F)C(F)(F)F. The summed E-state index contributed by atoms with van der Waals surface area (Å²) >= 11 is 0. The second kappa shape index (κ2) is 10.8. The lowest BCUT2D eigenvalue weighted by Crippen LogP contribution is -2.61. The molecule has 0 spiro atoms. The molecule has 0 heterocycles. The van der Waals surface area contributed by atoms with Crippen LogP contribution in [0.15, 0.2) is 0 Å². The highest BCUT2D eigenvalue weighted by molar-refractivity contribution is 7.84. The van der Waals surface area contributed by atoms with Gasteiger partial charge in [0.2, 0.25) is 5.91 Å². The van der Waals surface area contributed by atoms with Gasteiger partial charge in [0.15, 0.2) is 0 Å². The Morgan fingerprint density at radius 3 is 1.94 bits per heavy atom. The summed E-state index contributed by atoms with van der Waals surface area (Å²) in [4.78, 5) is 21.9. The van der Waals surface area contributed by atoms with Crippen molar-refractivity contribution in [2.75, 3.05) is 11.5 Å². The monoisotopic (exact) mass is 498 g/mol. The molecule has 5 N–H and O–H groups in total. The van der Waals surface area contributed by atoms with Crippen molar-refractivity contribution in [2.45, 2.75) is 61.9 Å². The number of hydrogen-bond donors (Lipinski definition) is 4. The molecule has 0 aromatic carbocycles. The molecule has 184 valence electrons. The first kappa shape index (κ1) is 29.4. The first-order valence-electron chi connectivity index (χ1n) is 8.24. The van der Waals surface area contributed by atoms with Crippen molar-refractivity contribution in [3.63, 3.8) is 0 Å². The third kappa shape index (κ3) is 8.44. The van der Waals surface area contributed by atoms with Gasteiger partial charge in [-0.1, -0.05) is 0 Å². The first-order valence-corrected chi connectivity index (χ1v) is 9.73. The van der Waals surface area contributed by atoms with E-state index in [0.29, 0.717) is 0 Å². The Labute approximate surface area is 171 Å². The van der Waals surface area contributed by atoms with Crippen LogP contribution in [0, 0.1) is 0 Å². The molecule has 0 aliphatic carbocycles. The molecule has 0 aliphatic heterocycles. The van der Waals surface area contributed by atoms with Gasteiger partial charge in [-0.25, -0.2) is 0 Å². The van der Waals surface area contributed by atoms with Crippen LogP contribution in [-0.2, 0) is 20.4 Å². The molecule has 3 unspecified atom stereocenters. The summed E-state index contributed by atoms with van der Waals surface area (Å²) in [6.07, 6.45) is -12.5. The number of hydrogen-bond acceptors (Lipinski definition) is 5. The quantitative estimate of drug-likeness (QED) is 0.226. The molecule has 0 fully saturated rings. The van der Waals surface area contributed by atoms with Crippen LogP contribution in [0.1, 0.15) is 25.7 Å². The molecule has 17 heteroatoms. The third-order valence-electron chi connectivity index (χ3n) is 3.70. The molecule has 3 atom stereocenters. The van der Waals surface area contributed by atoms with Gasteiger partial charge in [0.05, 0.1) is 6.42 Å². The third-order valence-corrected chi connectivity index (χ3v) is 5.02. The lowest BCUT2D eigenvalue weighted by molar-refractivity contribution is -0.396. The number of alkyl halides is 9. The van der Waals surface area contributed by atoms with E-state index in [4.69, 9.17) is 10.8 Å². The van der Waals surface area contributed by atoms with Crippen LogP contribution in [0.25, 0.3) is 0 Å². The number of aliphatic hydroxyl groups excluding tert-OH is 1. The average Bonchev–Trinajstić information content (AvgIpc) is 2.55. The lowest BCUT2D eigenvalue weighted by atomic mass is 10.0. The zero-order chi connectivity index (χ0) is 24.8. The molecule has 0 saturated heterocycles. The van der Waals surface area contributed by atoms with E-state index >= 15 is 0 Å². The fraction of sp³-hybridized carbons (Fsp3) is 0.857. The Balaban J connectivity index is 4.65. The van der Waals surface area contributed by atoms with E-state index < -0.39 is 96.1 Å². The van der Waals surface area contributed by atoms with E-state index in [2.05, 4.69) is 0 Å². The number of nitrogens with two attached hydrogens (primary N) is 1. The van der Waals surface area contributed by atoms with Gasteiger partial charge >= 0.3 is 29.9 Å². The van der Waals surface area contributed by atoms with Gasteiger partial charge in [0.1, 0.15) is 6.23 Å².